The van der Waals surface area contributed by atoms with E-state index in [1.165, 1.54) is 25.7 Å². The predicted molar refractivity (Wildman–Crippen MR) is 48.4 cm³/mol. The molecular weight excluding hydrogens is 176 g/mol. The van der Waals surface area contributed by atoms with Gasteiger partial charge in [-0.15, -0.1) is 0 Å². The molecule has 0 spiro atoms. The molecule has 0 aliphatic heterocycles. The van der Waals surface area contributed by atoms with Gasteiger partial charge in [0.15, 0.2) is 0 Å². The van der Waals surface area contributed by atoms with Gasteiger partial charge >= 0.3 is 5.43 Å². The maximum atomic E-state index is 10.2. The summed E-state index contributed by atoms with van der Waals surface area (Å²) in [5, 5.41) is 0. The quantitative estimate of drug-likeness (QED) is 0.491. The van der Waals surface area contributed by atoms with E-state index in [1.807, 2.05) is 0 Å². The summed E-state index contributed by atoms with van der Waals surface area (Å²) < 4.78 is 4.64. The molecule has 0 saturated heterocycles. The molecule has 1 aliphatic carbocycles. The minimum absolute atomic E-state index is 0.476. The van der Waals surface area contributed by atoms with E-state index in [4.69, 9.17) is 11.6 Å². The summed E-state index contributed by atoms with van der Waals surface area (Å²) in [4.78, 5) is 10.2. The average molecular weight is 191 g/mol. The van der Waals surface area contributed by atoms with Crippen LogP contribution in [0, 0.1) is 5.41 Å². The zero-order chi connectivity index (χ0) is 9.03. The van der Waals surface area contributed by atoms with Crippen molar-refractivity contribution in [2.75, 3.05) is 6.61 Å². The molecule has 1 fully saturated rings. The maximum Gasteiger partial charge on any atom is 0.403 e. The van der Waals surface area contributed by atoms with Crippen LogP contribution in [0.1, 0.15) is 39.0 Å². The fourth-order valence-electron chi connectivity index (χ4n) is 1.56. The number of carbonyl (C=O) groups is 1. The summed E-state index contributed by atoms with van der Waals surface area (Å²) >= 11 is 5.02. The van der Waals surface area contributed by atoms with Crippen molar-refractivity contribution < 1.29 is 9.53 Å². The summed E-state index contributed by atoms with van der Waals surface area (Å²) in [7, 11) is 0. The monoisotopic (exact) mass is 190 g/mol. The number of hydrogen-bond donors (Lipinski definition) is 0. The molecule has 0 N–H and O–H groups in total. The minimum atomic E-state index is -0.684. The zero-order valence-corrected chi connectivity index (χ0v) is 8.19. The van der Waals surface area contributed by atoms with Gasteiger partial charge in [0.25, 0.3) is 0 Å². The highest BCUT2D eigenvalue weighted by Gasteiger charge is 2.39. The highest BCUT2D eigenvalue weighted by molar-refractivity contribution is 6.61. The normalized spacial score (nSPS) is 18.8. The molecule has 2 nitrogen and oxygen atoms in total. The molecule has 1 aliphatic rings. The Kier molecular flexibility index (Phi) is 3.39. The summed E-state index contributed by atoms with van der Waals surface area (Å²) in [6.45, 7) is 2.70. The average Bonchev–Trinajstić information content (AvgIpc) is 2.79. The van der Waals surface area contributed by atoms with E-state index in [9.17, 15) is 4.79 Å². The number of hydrogen-bond acceptors (Lipinski definition) is 2. The molecule has 0 aromatic rings. The third kappa shape index (κ3) is 3.02. The third-order valence-corrected chi connectivity index (χ3v) is 2.88. The highest BCUT2D eigenvalue weighted by atomic mass is 35.5. The predicted octanol–water partition coefficient (Wildman–Crippen LogP) is 3.33. The lowest BCUT2D eigenvalue weighted by molar-refractivity contribution is 0.167. The fourth-order valence-corrected chi connectivity index (χ4v) is 1.63. The van der Waals surface area contributed by atoms with Crippen LogP contribution in [-0.2, 0) is 4.74 Å². The van der Waals surface area contributed by atoms with E-state index in [2.05, 4.69) is 11.7 Å². The van der Waals surface area contributed by atoms with Crippen LogP contribution >= 0.6 is 11.6 Å². The number of rotatable bonds is 5. The molecule has 0 bridgehead atoms. The Hall–Kier alpha value is -0.240. The molecule has 70 valence electrons. The molecule has 0 unspecified atom stereocenters. The van der Waals surface area contributed by atoms with Gasteiger partial charge in [0.1, 0.15) is 0 Å². The van der Waals surface area contributed by atoms with Crippen molar-refractivity contribution in [2.24, 2.45) is 5.41 Å². The van der Waals surface area contributed by atoms with E-state index in [1.54, 1.807) is 0 Å². The summed E-state index contributed by atoms with van der Waals surface area (Å²) in [5.74, 6) is 0. The van der Waals surface area contributed by atoms with E-state index < -0.39 is 5.43 Å². The van der Waals surface area contributed by atoms with Crippen molar-refractivity contribution in [2.45, 2.75) is 39.0 Å². The second kappa shape index (κ2) is 4.13. The first-order chi connectivity index (χ1) is 5.68. The Morgan fingerprint density at radius 3 is 2.67 bits per heavy atom. The highest BCUT2D eigenvalue weighted by Crippen LogP contribution is 2.52. The van der Waals surface area contributed by atoms with Crippen LogP contribution in [0.3, 0.4) is 0 Å². The molecule has 1 saturated carbocycles. The largest absolute Gasteiger partial charge is 0.454 e. The second-order valence-electron chi connectivity index (χ2n) is 3.54. The Balaban J connectivity index is 1.99. The van der Waals surface area contributed by atoms with Crippen molar-refractivity contribution in [3.63, 3.8) is 0 Å². The van der Waals surface area contributed by atoms with Crippen molar-refractivity contribution >= 4 is 17.0 Å². The van der Waals surface area contributed by atoms with Gasteiger partial charge in [0, 0.05) is 11.6 Å². The minimum Gasteiger partial charge on any atom is -0.454 e. The SMILES string of the molecule is CCC1(CCCOC(=O)Cl)CC1. The molecule has 0 amide bonds. The molecule has 0 heterocycles. The van der Waals surface area contributed by atoms with E-state index in [0.717, 1.165) is 6.42 Å². The Morgan fingerprint density at radius 2 is 2.25 bits per heavy atom. The van der Waals surface area contributed by atoms with E-state index in [0.29, 0.717) is 12.0 Å². The van der Waals surface area contributed by atoms with Gasteiger partial charge in [0.2, 0.25) is 0 Å². The fraction of sp³-hybridized carbons (Fsp3) is 0.889. The standard InChI is InChI=1S/C9H15ClO2/c1-2-9(5-6-9)4-3-7-12-8(10)11/h2-7H2,1H3. The van der Waals surface area contributed by atoms with Gasteiger partial charge in [-0.3, -0.25) is 0 Å². The second-order valence-corrected chi connectivity index (χ2v) is 3.85. The first kappa shape index (κ1) is 9.85. The Morgan fingerprint density at radius 1 is 1.58 bits per heavy atom. The van der Waals surface area contributed by atoms with E-state index >= 15 is 0 Å². The smallest absolute Gasteiger partial charge is 0.403 e. The van der Waals surface area contributed by atoms with Gasteiger partial charge in [-0.05, 0) is 31.1 Å². The lowest BCUT2D eigenvalue weighted by Gasteiger charge is -2.10. The third-order valence-electron chi connectivity index (χ3n) is 2.77. The van der Waals surface area contributed by atoms with Crippen molar-refractivity contribution in [3.8, 4) is 0 Å². The molecule has 3 heteroatoms. The number of halogens is 1. The summed E-state index contributed by atoms with van der Waals surface area (Å²) in [6, 6.07) is 0. The molecule has 1 rings (SSSR count). The van der Waals surface area contributed by atoms with Crippen LogP contribution in [0.4, 0.5) is 4.79 Å². The van der Waals surface area contributed by atoms with Crippen LogP contribution in [0.2, 0.25) is 0 Å². The first-order valence-corrected chi connectivity index (χ1v) is 4.89. The Labute approximate surface area is 78.2 Å². The number of ether oxygens (including phenoxy) is 1. The molecule has 0 aromatic carbocycles. The van der Waals surface area contributed by atoms with Crippen molar-refractivity contribution in [1.82, 2.24) is 0 Å². The molecule has 12 heavy (non-hydrogen) atoms. The van der Waals surface area contributed by atoms with Gasteiger partial charge in [-0.1, -0.05) is 13.3 Å². The van der Waals surface area contributed by atoms with Gasteiger partial charge in [0.05, 0.1) is 6.61 Å². The van der Waals surface area contributed by atoms with E-state index in [-0.39, 0.29) is 0 Å². The Bertz CT molecular complexity index is 164. The molecular formula is C9H15ClO2. The summed E-state index contributed by atoms with van der Waals surface area (Å²) in [6.07, 6.45) is 6.07. The van der Waals surface area contributed by atoms with Gasteiger partial charge < -0.3 is 4.74 Å². The zero-order valence-electron chi connectivity index (χ0n) is 7.44. The van der Waals surface area contributed by atoms with Gasteiger partial charge in [-0.25, -0.2) is 4.79 Å². The number of carbonyl (C=O) groups excluding carboxylic acids is 1. The molecule has 0 atom stereocenters. The van der Waals surface area contributed by atoms with Crippen LogP contribution < -0.4 is 0 Å². The first-order valence-electron chi connectivity index (χ1n) is 4.51. The maximum absolute atomic E-state index is 10.2. The van der Waals surface area contributed by atoms with Crippen LogP contribution in [0.5, 0.6) is 0 Å². The molecule has 0 aromatic heterocycles. The van der Waals surface area contributed by atoms with Crippen LogP contribution in [-0.4, -0.2) is 12.0 Å². The topological polar surface area (TPSA) is 26.3 Å². The van der Waals surface area contributed by atoms with Crippen molar-refractivity contribution in [1.29, 1.82) is 0 Å². The molecule has 0 radical (unpaired) electrons. The summed E-state index contributed by atoms with van der Waals surface area (Å²) in [5.41, 5.74) is -0.0880. The lowest BCUT2D eigenvalue weighted by Crippen LogP contribution is -2.02. The van der Waals surface area contributed by atoms with Crippen LogP contribution in [0.25, 0.3) is 0 Å². The lowest BCUT2D eigenvalue weighted by atomic mass is 9.98. The van der Waals surface area contributed by atoms with Crippen LogP contribution in [0.15, 0.2) is 0 Å². The van der Waals surface area contributed by atoms with Crippen molar-refractivity contribution in [3.05, 3.63) is 0 Å². The van der Waals surface area contributed by atoms with Gasteiger partial charge in [-0.2, -0.15) is 0 Å².